The summed E-state index contributed by atoms with van der Waals surface area (Å²) >= 11 is 0. The Bertz CT molecular complexity index is 526. The number of benzene rings is 1. The molecule has 120 valence electrons. The van der Waals surface area contributed by atoms with Gasteiger partial charge in [0.1, 0.15) is 0 Å². The first kappa shape index (κ1) is 18.0. The molecule has 0 aliphatic rings. The van der Waals surface area contributed by atoms with E-state index in [9.17, 15) is 9.59 Å². The number of carbonyl (C=O) groups is 2. The Hall–Kier alpha value is -2.10. The molecule has 4 nitrogen and oxygen atoms in total. The lowest BCUT2D eigenvalue weighted by Crippen LogP contribution is -2.33. The normalized spacial score (nSPS) is 10.9. The minimum atomic E-state index is -0.329. The van der Waals surface area contributed by atoms with Crippen LogP contribution in [0.3, 0.4) is 0 Å². The van der Waals surface area contributed by atoms with Gasteiger partial charge in [-0.25, -0.2) is 0 Å². The van der Waals surface area contributed by atoms with E-state index < -0.39 is 0 Å². The van der Waals surface area contributed by atoms with Crippen LogP contribution in [-0.2, 0) is 14.9 Å². The van der Waals surface area contributed by atoms with E-state index >= 15 is 0 Å². The molecule has 0 saturated heterocycles. The Labute approximate surface area is 132 Å². The van der Waals surface area contributed by atoms with Gasteiger partial charge in [0, 0.05) is 18.7 Å². The van der Waals surface area contributed by atoms with Crippen molar-refractivity contribution in [2.45, 2.75) is 32.6 Å². The molecular formula is C18H25NO3. The van der Waals surface area contributed by atoms with Crippen molar-refractivity contribution < 1.29 is 14.3 Å². The zero-order valence-electron chi connectivity index (χ0n) is 13.9. The SMILES string of the molecule is C=CCN(CCC(=O)OC)C(=O)c1ccc(C(C)(C)C)cc1. The lowest BCUT2D eigenvalue weighted by atomic mass is 9.86. The number of carbonyl (C=O) groups excluding carboxylic acids is 2. The van der Waals surface area contributed by atoms with Crippen molar-refractivity contribution >= 4 is 11.9 Å². The molecule has 0 N–H and O–H groups in total. The topological polar surface area (TPSA) is 46.6 Å². The van der Waals surface area contributed by atoms with Crippen molar-refractivity contribution in [2.24, 2.45) is 0 Å². The van der Waals surface area contributed by atoms with Crippen molar-refractivity contribution in [2.75, 3.05) is 20.2 Å². The van der Waals surface area contributed by atoms with Gasteiger partial charge in [-0.3, -0.25) is 9.59 Å². The molecule has 0 unspecified atom stereocenters. The molecule has 0 aliphatic carbocycles. The van der Waals surface area contributed by atoms with Crippen LogP contribution in [0.25, 0.3) is 0 Å². The molecule has 0 heterocycles. The fourth-order valence-electron chi connectivity index (χ4n) is 2.06. The summed E-state index contributed by atoms with van der Waals surface area (Å²) in [5, 5.41) is 0. The van der Waals surface area contributed by atoms with Crippen molar-refractivity contribution in [3.63, 3.8) is 0 Å². The van der Waals surface area contributed by atoms with E-state index in [0.29, 0.717) is 18.7 Å². The van der Waals surface area contributed by atoms with Gasteiger partial charge in [0.2, 0.25) is 0 Å². The van der Waals surface area contributed by atoms with Crippen molar-refractivity contribution in [1.82, 2.24) is 4.90 Å². The average Bonchev–Trinajstić information content (AvgIpc) is 2.49. The van der Waals surface area contributed by atoms with E-state index in [2.05, 4.69) is 32.1 Å². The molecule has 0 aromatic heterocycles. The van der Waals surface area contributed by atoms with Crippen LogP contribution in [0, 0.1) is 0 Å². The van der Waals surface area contributed by atoms with Gasteiger partial charge in [0.05, 0.1) is 13.5 Å². The summed E-state index contributed by atoms with van der Waals surface area (Å²) in [6.45, 7) is 10.8. The molecule has 22 heavy (non-hydrogen) atoms. The second kappa shape index (κ2) is 7.78. The maximum absolute atomic E-state index is 12.5. The van der Waals surface area contributed by atoms with E-state index in [1.165, 1.54) is 12.7 Å². The molecule has 4 heteroatoms. The molecule has 0 bridgehead atoms. The van der Waals surface area contributed by atoms with E-state index in [-0.39, 0.29) is 23.7 Å². The van der Waals surface area contributed by atoms with Gasteiger partial charge >= 0.3 is 5.97 Å². The summed E-state index contributed by atoms with van der Waals surface area (Å²) in [5.74, 6) is -0.436. The van der Waals surface area contributed by atoms with Gasteiger partial charge in [-0.1, -0.05) is 39.0 Å². The smallest absolute Gasteiger partial charge is 0.307 e. The maximum Gasteiger partial charge on any atom is 0.307 e. The molecule has 0 saturated carbocycles. The summed E-state index contributed by atoms with van der Waals surface area (Å²) in [6, 6.07) is 7.60. The summed E-state index contributed by atoms with van der Waals surface area (Å²) in [4.78, 5) is 25.4. The minimum absolute atomic E-state index is 0.0489. The molecular weight excluding hydrogens is 278 g/mol. The average molecular weight is 303 g/mol. The zero-order chi connectivity index (χ0) is 16.8. The Balaban J connectivity index is 2.85. The lowest BCUT2D eigenvalue weighted by Gasteiger charge is -2.22. The summed E-state index contributed by atoms with van der Waals surface area (Å²) in [7, 11) is 1.34. The Morgan fingerprint density at radius 2 is 1.82 bits per heavy atom. The zero-order valence-corrected chi connectivity index (χ0v) is 13.9. The molecule has 0 atom stereocenters. The van der Waals surface area contributed by atoms with Crippen LogP contribution in [0.4, 0.5) is 0 Å². The quantitative estimate of drug-likeness (QED) is 0.599. The Morgan fingerprint density at radius 1 is 1.23 bits per heavy atom. The van der Waals surface area contributed by atoms with Crippen molar-refractivity contribution in [1.29, 1.82) is 0 Å². The first-order valence-corrected chi connectivity index (χ1v) is 7.37. The van der Waals surface area contributed by atoms with Gasteiger partial charge in [0.25, 0.3) is 5.91 Å². The maximum atomic E-state index is 12.5. The third-order valence-electron chi connectivity index (χ3n) is 3.45. The van der Waals surface area contributed by atoms with Crippen LogP contribution in [0.15, 0.2) is 36.9 Å². The second-order valence-electron chi connectivity index (χ2n) is 6.19. The first-order chi connectivity index (χ1) is 10.3. The Kier molecular flexibility index (Phi) is 6.35. The first-order valence-electron chi connectivity index (χ1n) is 7.37. The fraction of sp³-hybridized carbons (Fsp3) is 0.444. The van der Waals surface area contributed by atoms with Crippen molar-refractivity contribution in [3.05, 3.63) is 48.0 Å². The monoisotopic (exact) mass is 303 g/mol. The molecule has 1 aromatic carbocycles. The van der Waals surface area contributed by atoms with Gasteiger partial charge in [0.15, 0.2) is 0 Å². The number of hydrogen-bond donors (Lipinski definition) is 0. The lowest BCUT2D eigenvalue weighted by molar-refractivity contribution is -0.140. The van der Waals surface area contributed by atoms with Crippen LogP contribution in [-0.4, -0.2) is 37.0 Å². The van der Waals surface area contributed by atoms with Gasteiger partial charge in [-0.05, 0) is 23.1 Å². The predicted molar refractivity (Wildman–Crippen MR) is 87.9 cm³/mol. The number of amides is 1. The number of rotatable bonds is 6. The summed E-state index contributed by atoms with van der Waals surface area (Å²) in [5.41, 5.74) is 1.83. The van der Waals surface area contributed by atoms with Crippen LogP contribution >= 0.6 is 0 Å². The number of ether oxygens (including phenoxy) is 1. The molecule has 1 rings (SSSR count). The van der Waals surface area contributed by atoms with E-state index in [1.54, 1.807) is 11.0 Å². The van der Waals surface area contributed by atoms with E-state index in [0.717, 1.165) is 0 Å². The number of hydrogen-bond acceptors (Lipinski definition) is 3. The van der Waals surface area contributed by atoms with Crippen molar-refractivity contribution in [3.8, 4) is 0 Å². The van der Waals surface area contributed by atoms with Gasteiger partial charge < -0.3 is 9.64 Å². The molecule has 1 aromatic rings. The third-order valence-corrected chi connectivity index (χ3v) is 3.45. The van der Waals surface area contributed by atoms with Crippen LogP contribution in [0.2, 0.25) is 0 Å². The third kappa shape index (κ3) is 5.02. The minimum Gasteiger partial charge on any atom is -0.469 e. The molecule has 0 radical (unpaired) electrons. The standard InChI is InChI=1S/C18H25NO3/c1-6-12-19(13-11-16(20)22-5)17(21)14-7-9-15(10-8-14)18(2,3)4/h6-10H,1,11-13H2,2-5H3. The molecule has 0 fully saturated rings. The second-order valence-corrected chi connectivity index (χ2v) is 6.19. The number of nitrogens with zero attached hydrogens (tertiary/aromatic N) is 1. The molecule has 0 aliphatic heterocycles. The summed E-state index contributed by atoms with van der Waals surface area (Å²) in [6.07, 6.45) is 1.83. The Morgan fingerprint density at radius 3 is 2.27 bits per heavy atom. The fourth-order valence-corrected chi connectivity index (χ4v) is 2.06. The van der Waals surface area contributed by atoms with Crippen LogP contribution < -0.4 is 0 Å². The summed E-state index contributed by atoms with van der Waals surface area (Å²) < 4.78 is 4.61. The largest absolute Gasteiger partial charge is 0.469 e. The highest BCUT2D eigenvalue weighted by Gasteiger charge is 2.18. The highest BCUT2D eigenvalue weighted by atomic mass is 16.5. The van der Waals surface area contributed by atoms with E-state index in [1.807, 2.05) is 24.3 Å². The number of methoxy groups -OCH3 is 1. The van der Waals surface area contributed by atoms with Gasteiger partial charge in [-0.15, -0.1) is 6.58 Å². The highest BCUT2D eigenvalue weighted by molar-refractivity contribution is 5.94. The van der Waals surface area contributed by atoms with Crippen LogP contribution in [0.1, 0.15) is 43.1 Å². The van der Waals surface area contributed by atoms with Crippen LogP contribution in [0.5, 0.6) is 0 Å². The molecule has 0 spiro atoms. The van der Waals surface area contributed by atoms with Gasteiger partial charge in [-0.2, -0.15) is 0 Å². The molecule has 1 amide bonds. The van der Waals surface area contributed by atoms with E-state index in [4.69, 9.17) is 0 Å². The highest BCUT2D eigenvalue weighted by Crippen LogP contribution is 2.22. The number of esters is 1. The predicted octanol–water partition coefficient (Wildman–Crippen LogP) is 3.18.